The van der Waals surface area contributed by atoms with E-state index in [9.17, 15) is 8.42 Å². The number of fused-ring (bicyclic) bond motifs is 1. The number of benzene rings is 1. The number of aromatic amines is 1. The molecule has 3 rings (SSSR count). The summed E-state index contributed by atoms with van der Waals surface area (Å²) in [6.45, 7) is 1.98. The molecule has 6 heteroatoms. The van der Waals surface area contributed by atoms with Crippen LogP contribution in [0.25, 0.3) is 0 Å². The van der Waals surface area contributed by atoms with E-state index in [1.807, 2.05) is 13.0 Å². The summed E-state index contributed by atoms with van der Waals surface area (Å²) < 4.78 is 27.4. The van der Waals surface area contributed by atoms with Gasteiger partial charge in [-0.05, 0) is 55.4 Å². The van der Waals surface area contributed by atoms with Gasteiger partial charge in [-0.2, -0.15) is 5.10 Å². The maximum atomic E-state index is 12.4. The van der Waals surface area contributed by atoms with E-state index in [2.05, 4.69) is 14.9 Å². The van der Waals surface area contributed by atoms with Crippen LogP contribution in [0.15, 0.2) is 29.2 Å². The Labute approximate surface area is 124 Å². The lowest BCUT2D eigenvalue weighted by molar-refractivity contribution is 0.600. The van der Waals surface area contributed by atoms with Gasteiger partial charge in [0.2, 0.25) is 0 Å². The van der Waals surface area contributed by atoms with Crippen LogP contribution in [0, 0.1) is 0 Å². The van der Waals surface area contributed by atoms with E-state index in [-0.39, 0.29) is 0 Å². The van der Waals surface area contributed by atoms with Crippen molar-refractivity contribution in [3.8, 4) is 0 Å². The fourth-order valence-electron chi connectivity index (χ4n) is 2.67. The minimum atomic E-state index is -3.57. The highest BCUT2D eigenvalue weighted by atomic mass is 32.2. The van der Waals surface area contributed by atoms with Gasteiger partial charge in [-0.3, -0.25) is 9.82 Å². The molecule has 21 heavy (non-hydrogen) atoms. The van der Waals surface area contributed by atoms with Crippen molar-refractivity contribution in [1.29, 1.82) is 0 Å². The number of anilines is 1. The van der Waals surface area contributed by atoms with Crippen molar-refractivity contribution in [1.82, 2.24) is 10.2 Å². The molecule has 1 aromatic heterocycles. The van der Waals surface area contributed by atoms with Crippen LogP contribution in [0.4, 0.5) is 5.82 Å². The van der Waals surface area contributed by atoms with Gasteiger partial charge in [-0.15, -0.1) is 0 Å². The van der Waals surface area contributed by atoms with E-state index in [1.54, 1.807) is 18.2 Å². The number of rotatable bonds is 4. The molecule has 0 radical (unpaired) electrons. The van der Waals surface area contributed by atoms with Crippen molar-refractivity contribution in [2.75, 3.05) is 4.72 Å². The Morgan fingerprint density at radius 3 is 2.67 bits per heavy atom. The van der Waals surface area contributed by atoms with Gasteiger partial charge in [-0.1, -0.05) is 13.0 Å². The molecule has 0 spiro atoms. The maximum absolute atomic E-state index is 12.4. The Balaban J connectivity index is 1.87. The van der Waals surface area contributed by atoms with Crippen LogP contribution in [-0.4, -0.2) is 18.6 Å². The number of aromatic nitrogens is 2. The summed E-state index contributed by atoms with van der Waals surface area (Å²) in [6.07, 6.45) is 5.10. The summed E-state index contributed by atoms with van der Waals surface area (Å²) in [5.41, 5.74) is 3.33. The van der Waals surface area contributed by atoms with Crippen LogP contribution >= 0.6 is 0 Å². The molecule has 0 bridgehead atoms. The van der Waals surface area contributed by atoms with Crippen molar-refractivity contribution >= 4 is 15.8 Å². The molecule has 2 aromatic rings. The third-order valence-electron chi connectivity index (χ3n) is 3.88. The van der Waals surface area contributed by atoms with Gasteiger partial charge in [-0.25, -0.2) is 8.42 Å². The second kappa shape index (κ2) is 5.52. The number of sulfonamides is 1. The highest BCUT2D eigenvalue weighted by Gasteiger charge is 2.18. The van der Waals surface area contributed by atoms with E-state index in [4.69, 9.17) is 0 Å². The van der Waals surface area contributed by atoms with E-state index in [0.29, 0.717) is 10.7 Å². The average Bonchev–Trinajstić information content (AvgIpc) is 2.93. The summed E-state index contributed by atoms with van der Waals surface area (Å²) in [5, 5.41) is 6.77. The molecule has 112 valence electrons. The molecular weight excluding hydrogens is 286 g/mol. The standard InChI is InChI=1S/C15H19N3O2S/c1-2-13-10-15(17-16-13)18-21(19,20)14-8-7-11-5-3-4-6-12(11)9-14/h7-10H,2-6H2,1H3,(H2,16,17,18). The van der Waals surface area contributed by atoms with E-state index in [0.717, 1.165) is 36.9 Å². The topological polar surface area (TPSA) is 74.8 Å². The number of H-pyrrole nitrogens is 1. The highest BCUT2D eigenvalue weighted by Crippen LogP contribution is 2.25. The van der Waals surface area contributed by atoms with E-state index >= 15 is 0 Å². The van der Waals surface area contributed by atoms with Crippen molar-refractivity contribution in [2.24, 2.45) is 0 Å². The van der Waals surface area contributed by atoms with Crippen LogP contribution in [0.3, 0.4) is 0 Å². The molecule has 2 N–H and O–H groups in total. The molecule has 0 unspecified atom stereocenters. The third kappa shape index (κ3) is 2.95. The molecule has 1 aliphatic carbocycles. The Bertz CT molecular complexity index is 750. The summed E-state index contributed by atoms with van der Waals surface area (Å²) in [4.78, 5) is 0.309. The van der Waals surface area contributed by atoms with Gasteiger partial charge >= 0.3 is 0 Å². The lowest BCUT2D eigenvalue weighted by Gasteiger charge is -2.16. The van der Waals surface area contributed by atoms with Crippen LogP contribution < -0.4 is 4.72 Å². The van der Waals surface area contributed by atoms with E-state index < -0.39 is 10.0 Å². The van der Waals surface area contributed by atoms with Crippen molar-refractivity contribution in [3.63, 3.8) is 0 Å². The minimum Gasteiger partial charge on any atom is -0.280 e. The molecule has 1 aromatic carbocycles. The van der Waals surface area contributed by atoms with Crippen LogP contribution in [0.2, 0.25) is 0 Å². The zero-order valence-electron chi connectivity index (χ0n) is 12.0. The Morgan fingerprint density at radius 1 is 1.19 bits per heavy atom. The number of nitrogens with one attached hydrogen (secondary N) is 2. The molecule has 0 aliphatic heterocycles. The molecular formula is C15H19N3O2S. The average molecular weight is 305 g/mol. The van der Waals surface area contributed by atoms with Crippen LogP contribution in [0.5, 0.6) is 0 Å². The highest BCUT2D eigenvalue weighted by molar-refractivity contribution is 7.92. The first kappa shape index (κ1) is 14.1. The van der Waals surface area contributed by atoms with Crippen molar-refractivity contribution in [3.05, 3.63) is 41.1 Å². The number of aryl methyl sites for hydroxylation is 3. The van der Waals surface area contributed by atoms with Gasteiger partial charge in [0.05, 0.1) is 4.90 Å². The van der Waals surface area contributed by atoms with Gasteiger partial charge < -0.3 is 0 Å². The minimum absolute atomic E-state index is 0.309. The van der Waals surface area contributed by atoms with Gasteiger partial charge in [0, 0.05) is 11.8 Å². The smallest absolute Gasteiger partial charge is 0.263 e. The second-order valence-corrected chi connectivity index (χ2v) is 7.06. The first-order chi connectivity index (χ1) is 10.1. The van der Waals surface area contributed by atoms with Gasteiger partial charge in [0.15, 0.2) is 5.82 Å². The predicted octanol–water partition coefficient (Wildman–Crippen LogP) is 2.65. The summed E-state index contributed by atoms with van der Waals surface area (Å²) >= 11 is 0. The van der Waals surface area contributed by atoms with Crippen LogP contribution in [0.1, 0.15) is 36.6 Å². The first-order valence-electron chi connectivity index (χ1n) is 7.27. The fraction of sp³-hybridized carbons (Fsp3) is 0.400. The third-order valence-corrected chi connectivity index (χ3v) is 5.23. The summed E-state index contributed by atoms with van der Waals surface area (Å²) in [5.74, 6) is 0.338. The first-order valence-corrected chi connectivity index (χ1v) is 8.76. The molecule has 0 saturated heterocycles. The number of hydrogen-bond acceptors (Lipinski definition) is 3. The normalized spacial score (nSPS) is 14.7. The SMILES string of the molecule is CCc1cc(NS(=O)(=O)c2ccc3c(c2)CCCC3)n[nH]1. The van der Waals surface area contributed by atoms with Gasteiger partial charge in [0.25, 0.3) is 10.0 Å². The zero-order chi connectivity index (χ0) is 14.9. The lowest BCUT2D eigenvalue weighted by Crippen LogP contribution is -2.14. The van der Waals surface area contributed by atoms with Gasteiger partial charge in [0.1, 0.15) is 0 Å². The molecule has 5 nitrogen and oxygen atoms in total. The molecule has 1 aliphatic rings. The quantitative estimate of drug-likeness (QED) is 0.912. The predicted molar refractivity (Wildman–Crippen MR) is 81.9 cm³/mol. The Kier molecular flexibility index (Phi) is 3.71. The number of hydrogen-bond donors (Lipinski definition) is 2. The maximum Gasteiger partial charge on any atom is 0.263 e. The Hall–Kier alpha value is -1.82. The molecule has 0 fully saturated rings. The summed E-state index contributed by atoms with van der Waals surface area (Å²) in [7, 11) is -3.57. The monoisotopic (exact) mass is 305 g/mol. The Morgan fingerprint density at radius 2 is 1.95 bits per heavy atom. The van der Waals surface area contributed by atoms with E-state index in [1.165, 1.54) is 12.0 Å². The molecule has 0 amide bonds. The zero-order valence-corrected chi connectivity index (χ0v) is 12.8. The van der Waals surface area contributed by atoms with Crippen LogP contribution in [-0.2, 0) is 29.3 Å². The lowest BCUT2D eigenvalue weighted by atomic mass is 9.92. The summed E-state index contributed by atoms with van der Waals surface area (Å²) in [6, 6.07) is 7.13. The molecule has 0 atom stereocenters. The van der Waals surface area contributed by atoms with Crippen molar-refractivity contribution in [2.45, 2.75) is 43.9 Å². The fourth-order valence-corrected chi connectivity index (χ4v) is 3.71. The second-order valence-electron chi connectivity index (χ2n) is 5.38. The van der Waals surface area contributed by atoms with Crippen molar-refractivity contribution < 1.29 is 8.42 Å². The molecule has 0 saturated carbocycles. The largest absolute Gasteiger partial charge is 0.280 e. The number of nitrogens with zero attached hydrogens (tertiary/aromatic N) is 1. The molecule has 1 heterocycles.